The molecular weight excluding hydrogens is 116 g/mol. The molecule has 0 radical (unpaired) electrons. The maximum absolute atomic E-state index is 5.21. The first-order chi connectivity index (χ1) is 4.27. The van der Waals surface area contributed by atoms with Crippen molar-refractivity contribution in [2.24, 2.45) is 0 Å². The van der Waals surface area contributed by atoms with Crippen LogP contribution in [0.15, 0.2) is 0 Å². The van der Waals surface area contributed by atoms with Gasteiger partial charge in [-0.15, -0.1) is 6.42 Å². The van der Waals surface area contributed by atoms with Crippen molar-refractivity contribution in [3.8, 4) is 12.3 Å². The Bertz CT molecular complexity index is 128. The molecule has 50 valence electrons. The van der Waals surface area contributed by atoms with Gasteiger partial charge in [-0.1, -0.05) is 5.92 Å². The maximum atomic E-state index is 5.21. The lowest BCUT2D eigenvalue weighted by Crippen LogP contribution is -2.34. The molecule has 2 heteroatoms. The first kappa shape index (κ1) is 6.60. The topological polar surface area (TPSA) is 18.5 Å². The molecule has 0 spiro atoms. The third kappa shape index (κ3) is 1.44. The normalized spacial score (nSPS) is 35.6. The van der Waals surface area contributed by atoms with Crippen molar-refractivity contribution >= 4 is 0 Å². The van der Waals surface area contributed by atoms with E-state index in [0.29, 0.717) is 13.4 Å². The highest BCUT2D eigenvalue weighted by Gasteiger charge is 2.24. The number of rotatable bonds is 0. The van der Waals surface area contributed by atoms with Gasteiger partial charge in [0.1, 0.15) is 12.4 Å². The molecule has 0 saturated carbocycles. The number of hydrogen-bond acceptors (Lipinski definition) is 2. The minimum atomic E-state index is -0.377. The van der Waals surface area contributed by atoms with Crippen LogP contribution in [0, 0.1) is 12.3 Å². The average Bonchev–Trinajstić information content (AvgIpc) is 1.90. The van der Waals surface area contributed by atoms with Gasteiger partial charge >= 0.3 is 0 Å². The maximum Gasteiger partial charge on any atom is 0.148 e. The fourth-order valence-corrected chi connectivity index (χ4v) is 0.684. The largest absolute Gasteiger partial charge is 0.355 e. The molecule has 0 aromatic heterocycles. The van der Waals surface area contributed by atoms with Crippen molar-refractivity contribution < 1.29 is 9.47 Å². The second kappa shape index (κ2) is 2.38. The fraction of sp³-hybridized carbons (Fsp3) is 0.714. The van der Waals surface area contributed by atoms with E-state index >= 15 is 0 Å². The summed E-state index contributed by atoms with van der Waals surface area (Å²) in [5, 5.41) is 0. The lowest BCUT2D eigenvalue weighted by Gasteiger charge is -2.28. The third-order valence-corrected chi connectivity index (χ3v) is 1.49. The van der Waals surface area contributed by atoms with Crippen molar-refractivity contribution in [2.75, 3.05) is 13.4 Å². The first-order valence-corrected chi connectivity index (χ1v) is 2.96. The van der Waals surface area contributed by atoms with Gasteiger partial charge in [-0.25, -0.2) is 0 Å². The molecule has 0 aliphatic carbocycles. The molecule has 0 bridgehead atoms. The highest BCUT2D eigenvalue weighted by molar-refractivity contribution is 5.06. The Morgan fingerprint density at radius 2 is 2.44 bits per heavy atom. The van der Waals surface area contributed by atoms with E-state index in [4.69, 9.17) is 15.9 Å². The quantitative estimate of drug-likeness (QED) is 0.446. The minimum absolute atomic E-state index is 0.334. The molecule has 1 atom stereocenters. The zero-order chi connectivity index (χ0) is 6.74. The summed E-state index contributed by atoms with van der Waals surface area (Å²) < 4.78 is 10.1. The molecule has 1 aliphatic rings. The highest BCUT2D eigenvalue weighted by atomic mass is 16.7. The monoisotopic (exact) mass is 126 g/mol. The van der Waals surface area contributed by atoms with Gasteiger partial charge in [0.2, 0.25) is 0 Å². The van der Waals surface area contributed by atoms with Gasteiger partial charge in [0.25, 0.3) is 0 Å². The number of terminal acetylenes is 1. The zero-order valence-electron chi connectivity index (χ0n) is 5.52. The standard InChI is InChI=1S/C7H10O2/c1-3-7(2)4-5-8-6-9-7/h1H,4-6H2,2H3. The van der Waals surface area contributed by atoms with E-state index in [1.165, 1.54) is 0 Å². The Morgan fingerprint density at radius 3 is 2.78 bits per heavy atom. The Kier molecular flexibility index (Phi) is 1.75. The van der Waals surface area contributed by atoms with Crippen molar-refractivity contribution in [3.63, 3.8) is 0 Å². The molecular formula is C7H10O2. The molecule has 1 rings (SSSR count). The van der Waals surface area contributed by atoms with Gasteiger partial charge in [-0.3, -0.25) is 0 Å². The van der Waals surface area contributed by atoms with Crippen molar-refractivity contribution in [2.45, 2.75) is 18.9 Å². The van der Waals surface area contributed by atoms with E-state index in [1.807, 2.05) is 6.92 Å². The molecule has 0 N–H and O–H groups in total. The Hall–Kier alpha value is -0.520. The lowest BCUT2D eigenvalue weighted by atomic mass is 10.0. The Balaban J connectivity index is 2.49. The van der Waals surface area contributed by atoms with E-state index in [9.17, 15) is 0 Å². The minimum Gasteiger partial charge on any atom is -0.355 e. The molecule has 1 aliphatic heterocycles. The Labute approximate surface area is 55.1 Å². The van der Waals surface area contributed by atoms with Crippen LogP contribution in [0.4, 0.5) is 0 Å². The molecule has 0 aromatic carbocycles. The van der Waals surface area contributed by atoms with Crippen LogP contribution >= 0.6 is 0 Å². The van der Waals surface area contributed by atoms with Gasteiger partial charge in [-0.2, -0.15) is 0 Å². The molecule has 1 fully saturated rings. The molecule has 1 unspecified atom stereocenters. The zero-order valence-corrected chi connectivity index (χ0v) is 5.52. The SMILES string of the molecule is C#CC1(C)CCOCO1. The van der Waals surface area contributed by atoms with Crippen molar-refractivity contribution in [1.29, 1.82) is 0 Å². The number of ether oxygens (including phenoxy) is 2. The van der Waals surface area contributed by atoms with Gasteiger partial charge in [-0.05, 0) is 6.92 Å². The van der Waals surface area contributed by atoms with Crippen LogP contribution in [0.3, 0.4) is 0 Å². The summed E-state index contributed by atoms with van der Waals surface area (Å²) in [6, 6.07) is 0. The van der Waals surface area contributed by atoms with E-state index in [2.05, 4.69) is 5.92 Å². The summed E-state index contributed by atoms with van der Waals surface area (Å²) in [4.78, 5) is 0. The van der Waals surface area contributed by atoms with Gasteiger partial charge < -0.3 is 9.47 Å². The summed E-state index contributed by atoms with van der Waals surface area (Å²) in [6.45, 7) is 2.94. The molecule has 0 aromatic rings. The first-order valence-electron chi connectivity index (χ1n) is 2.96. The molecule has 9 heavy (non-hydrogen) atoms. The fourth-order valence-electron chi connectivity index (χ4n) is 0.684. The molecule has 0 amide bonds. The third-order valence-electron chi connectivity index (χ3n) is 1.49. The summed E-state index contributed by atoms with van der Waals surface area (Å²) in [7, 11) is 0. The average molecular weight is 126 g/mol. The smallest absolute Gasteiger partial charge is 0.148 e. The molecule has 1 saturated heterocycles. The second-order valence-corrected chi connectivity index (χ2v) is 2.30. The van der Waals surface area contributed by atoms with Crippen LogP contribution in [-0.2, 0) is 9.47 Å². The van der Waals surface area contributed by atoms with Crippen LogP contribution in [0.5, 0.6) is 0 Å². The van der Waals surface area contributed by atoms with E-state index in [-0.39, 0.29) is 5.60 Å². The van der Waals surface area contributed by atoms with Crippen molar-refractivity contribution in [3.05, 3.63) is 0 Å². The highest BCUT2D eigenvalue weighted by Crippen LogP contribution is 2.17. The van der Waals surface area contributed by atoms with Crippen LogP contribution in [0.25, 0.3) is 0 Å². The van der Waals surface area contributed by atoms with Crippen LogP contribution in [0.2, 0.25) is 0 Å². The van der Waals surface area contributed by atoms with Gasteiger partial charge in [0.15, 0.2) is 0 Å². The predicted molar refractivity (Wildman–Crippen MR) is 33.8 cm³/mol. The van der Waals surface area contributed by atoms with E-state index in [1.54, 1.807) is 0 Å². The molecule has 2 nitrogen and oxygen atoms in total. The molecule has 1 heterocycles. The summed E-state index contributed by atoms with van der Waals surface area (Å²) in [5.41, 5.74) is -0.377. The van der Waals surface area contributed by atoms with E-state index < -0.39 is 0 Å². The van der Waals surface area contributed by atoms with Crippen LogP contribution < -0.4 is 0 Å². The second-order valence-electron chi connectivity index (χ2n) is 2.30. The summed E-state index contributed by atoms with van der Waals surface area (Å²) >= 11 is 0. The van der Waals surface area contributed by atoms with Gasteiger partial charge in [0.05, 0.1) is 6.61 Å². The predicted octanol–water partition coefficient (Wildman–Crippen LogP) is 0.773. The number of hydrogen-bond donors (Lipinski definition) is 0. The van der Waals surface area contributed by atoms with Gasteiger partial charge in [0, 0.05) is 6.42 Å². The van der Waals surface area contributed by atoms with Crippen LogP contribution in [0.1, 0.15) is 13.3 Å². The van der Waals surface area contributed by atoms with Crippen molar-refractivity contribution in [1.82, 2.24) is 0 Å². The Morgan fingerprint density at radius 1 is 1.67 bits per heavy atom. The summed E-state index contributed by atoms with van der Waals surface area (Å²) in [5.74, 6) is 2.58. The van der Waals surface area contributed by atoms with E-state index in [0.717, 1.165) is 6.42 Å². The lowest BCUT2D eigenvalue weighted by molar-refractivity contribution is -0.161. The summed E-state index contributed by atoms with van der Waals surface area (Å²) in [6.07, 6.45) is 6.00. The van der Waals surface area contributed by atoms with Crippen LogP contribution in [-0.4, -0.2) is 19.0 Å².